The molecule has 1 heterocycles. The maximum absolute atomic E-state index is 11.6. The molecule has 0 bridgehead atoms. The number of amides is 1. The van der Waals surface area contributed by atoms with E-state index in [9.17, 15) is 9.70 Å². The molecule has 2 rings (SSSR count). The fourth-order valence-electron chi connectivity index (χ4n) is 2.40. The van der Waals surface area contributed by atoms with E-state index in [4.69, 9.17) is 4.74 Å². The van der Waals surface area contributed by atoms with E-state index in [1.165, 1.54) is 11.1 Å². The van der Waals surface area contributed by atoms with Crippen molar-refractivity contribution in [2.75, 3.05) is 6.54 Å². The quantitative estimate of drug-likeness (QED) is 0.758. The van der Waals surface area contributed by atoms with Crippen LogP contribution in [0.25, 0.3) is 0 Å². The van der Waals surface area contributed by atoms with Gasteiger partial charge in [-0.2, -0.15) is 5.01 Å². The fraction of sp³-hybridized carbons (Fsp3) is 0.588. The Balaban J connectivity index is 2.48. The number of ether oxygens (including phenoxy) is 1. The number of nitrogens with zero attached hydrogens (tertiary/aromatic N) is 2. The van der Waals surface area contributed by atoms with Crippen molar-refractivity contribution in [3.63, 3.8) is 0 Å². The third kappa shape index (κ3) is 3.29. The average molecular weight is 304 g/mol. The monoisotopic (exact) mass is 304 g/mol. The first kappa shape index (κ1) is 16.5. The van der Waals surface area contributed by atoms with E-state index >= 15 is 0 Å². The van der Waals surface area contributed by atoms with Gasteiger partial charge < -0.3 is 4.74 Å². The highest BCUT2D eigenvalue weighted by molar-refractivity contribution is 5.69. The van der Waals surface area contributed by atoms with Crippen molar-refractivity contribution in [3.05, 3.63) is 39.8 Å². The van der Waals surface area contributed by atoms with E-state index in [0.29, 0.717) is 0 Å². The summed E-state index contributed by atoms with van der Waals surface area (Å²) >= 11 is 0. The zero-order valence-electron chi connectivity index (χ0n) is 14.1. The van der Waals surface area contributed by atoms with Gasteiger partial charge in [0, 0.05) is 0 Å². The molecule has 0 aliphatic carbocycles. The van der Waals surface area contributed by atoms with Gasteiger partial charge in [0.15, 0.2) is 0 Å². The van der Waals surface area contributed by atoms with Crippen LogP contribution in [0.3, 0.4) is 0 Å². The second-order valence-electron chi connectivity index (χ2n) is 7.88. The Morgan fingerprint density at radius 3 is 1.91 bits per heavy atom. The molecule has 1 aromatic carbocycles. The predicted molar refractivity (Wildman–Crippen MR) is 85.6 cm³/mol. The first-order valence-corrected chi connectivity index (χ1v) is 7.50. The van der Waals surface area contributed by atoms with Gasteiger partial charge in [0.25, 0.3) is 0 Å². The lowest BCUT2D eigenvalue weighted by Crippen LogP contribution is -2.18. The largest absolute Gasteiger partial charge is 0.438 e. The SMILES string of the molecule is CC(C)(C)c1cc(C2CN(N=O)C(=O)O2)cc(C(C)(C)C)c1. The molecular formula is C17H24N2O3. The molecule has 0 saturated carbocycles. The second-order valence-corrected chi connectivity index (χ2v) is 7.88. The van der Waals surface area contributed by atoms with Crippen LogP contribution in [0.5, 0.6) is 0 Å². The summed E-state index contributed by atoms with van der Waals surface area (Å²) in [7, 11) is 0. The zero-order valence-corrected chi connectivity index (χ0v) is 14.1. The van der Waals surface area contributed by atoms with Gasteiger partial charge in [0.05, 0.1) is 11.8 Å². The standard InChI is InChI=1S/C17H24N2O3/c1-16(2,3)12-7-11(8-13(9-12)17(4,5)6)14-10-19(18-21)15(20)22-14/h7-9,14H,10H2,1-6H3. The van der Waals surface area contributed by atoms with Crippen LogP contribution >= 0.6 is 0 Å². The first-order chi connectivity index (χ1) is 10.0. The molecule has 1 unspecified atom stereocenters. The summed E-state index contributed by atoms with van der Waals surface area (Å²) in [5.41, 5.74) is 3.26. The molecule has 1 aliphatic heterocycles. The summed E-state index contributed by atoms with van der Waals surface area (Å²) in [6.45, 7) is 13.1. The molecule has 5 nitrogen and oxygen atoms in total. The summed E-state index contributed by atoms with van der Waals surface area (Å²) in [6.07, 6.45) is -1.13. The molecule has 1 amide bonds. The van der Waals surface area contributed by atoms with Crippen molar-refractivity contribution in [3.8, 4) is 0 Å². The summed E-state index contributed by atoms with van der Waals surface area (Å²) in [5, 5.41) is 3.52. The molecule has 0 radical (unpaired) electrons. The van der Waals surface area contributed by atoms with Gasteiger partial charge in [-0.15, -0.1) is 4.91 Å². The number of nitroso groups, excluding NO2 is 1. The molecule has 1 aromatic rings. The highest BCUT2D eigenvalue weighted by Gasteiger charge is 2.34. The van der Waals surface area contributed by atoms with E-state index in [2.05, 4.69) is 65.0 Å². The molecule has 0 aromatic heterocycles. The van der Waals surface area contributed by atoms with Gasteiger partial charge >= 0.3 is 6.09 Å². The van der Waals surface area contributed by atoms with E-state index in [1.54, 1.807) is 0 Å². The molecule has 0 spiro atoms. The Morgan fingerprint density at radius 2 is 1.55 bits per heavy atom. The smallest absolute Gasteiger partial charge is 0.433 e. The molecule has 22 heavy (non-hydrogen) atoms. The number of cyclic esters (lactones) is 1. The highest BCUT2D eigenvalue weighted by atomic mass is 16.6. The van der Waals surface area contributed by atoms with Crippen molar-refractivity contribution < 1.29 is 9.53 Å². The summed E-state index contributed by atoms with van der Waals surface area (Å²) in [4.78, 5) is 22.2. The number of hydrogen-bond donors (Lipinski definition) is 0. The van der Waals surface area contributed by atoms with Crippen LogP contribution in [0.4, 0.5) is 4.79 Å². The van der Waals surface area contributed by atoms with Crippen molar-refractivity contribution in [1.29, 1.82) is 0 Å². The lowest BCUT2D eigenvalue weighted by Gasteiger charge is -2.27. The first-order valence-electron chi connectivity index (χ1n) is 7.50. The topological polar surface area (TPSA) is 59.0 Å². The van der Waals surface area contributed by atoms with Crippen LogP contribution in [0.2, 0.25) is 0 Å². The maximum Gasteiger partial charge on any atom is 0.433 e. The van der Waals surface area contributed by atoms with Crippen LogP contribution in [-0.2, 0) is 15.6 Å². The summed E-state index contributed by atoms with van der Waals surface area (Å²) in [5.74, 6) is 0. The molecule has 1 fully saturated rings. The normalized spacial score (nSPS) is 19.3. The van der Waals surface area contributed by atoms with Crippen LogP contribution < -0.4 is 0 Å². The Bertz CT molecular complexity index is 565. The minimum atomic E-state index is -0.682. The van der Waals surface area contributed by atoms with Crippen molar-refractivity contribution in [2.24, 2.45) is 5.29 Å². The Labute approximate surface area is 131 Å². The third-order valence-corrected chi connectivity index (χ3v) is 3.95. The van der Waals surface area contributed by atoms with Crippen molar-refractivity contribution >= 4 is 6.09 Å². The zero-order chi connectivity index (χ0) is 16.7. The number of hydrogen-bond acceptors (Lipinski definition) is 4. The second kappa shape index (κ2) is 5.38. The van der Waals surface area contributed by atoms with Gasteiger partial charge in [-0.3, -0.25) is 0 Å². The van der Waals surface area contributed by atoms with Crippen molar-refractivity contribution in [2.45, 2.75) is 58.5 Å². The highest BCUT2D eigenvalue weighted by Crippen LogP contribution is 2.34. The minimum Gasteiger partial charge on any atom is -0.438 e. The average Bonchev–Trinajstić information content (AvgIpc) is 2.77. The molecule has 5 heteroatoms. The maximum atomic E-state index is 11.6. The van der Waals surface area contributed by atoms with E-state index in [1.807, 2.05) is 0 Å². The van der Waals surface area contributed by atoms with E-state index in [-0.39, 0.29) is 17.4 Å². The van der Waals surface area contributed by atoms with Gasteiger partial charge in [-0.1, -0.05) is 59.7 Å². The van der Waals surface area contributed by atoms with Crippen molar-refractivity contribution in [1.82, 2.24) is 5.01 Å². The lowest BCUT2D eigenvalue weighted by molar-refractivity contribution is 0.133. The molecule has 1 atom stereocenters. The number of benzene rings is 1. The Morgan fingerprint density at radius 1 is 1.05 bits per heavy atom. The number of carbonyl (C=O) groups is 1. The molecule has 0 N–H and O–H groups in total. The number of rotatable bonds is 2. The summed E-state index contributed by atoms with van der Waals surface area (Å²) in [6, 6.07) is 6.32. The molecule has 120 valence electrons. The third-order valence-electron chi connectivity index (χ3n) is 3.95. The Kier molecular flexibility index (Phi) is 4.02. The van der Waals surface area contributed by atoms with Gasteiger partial charge in [0.1, 0.15) is 6.10 Å². The van der Waals surface area contributed by atoms with Crippen LogP contribution in [0, 0.1) is 4.91 Å². The Hall–Kier alpha value is -1.91. The fourth-order valence-corrected chi connectivity index (χ4v) is 2.40. The predicted octanol–water partition coefficient (Wildman–Crippen LogP) is 4.46. The van der Waals surface area contributed by atoms with E-state index in [0.717, 1.165) is 10.6 Å². The minimum absolute atomic E-state index is 0.0127. The van der Waals surface area contributed by atoms with Gasteiger partial charge in [-0.25, -0.2) is 4.79 Å². The lowest BCUT2D eigenvalue weighted by atomic mass is 9.79. The molecule has 1 saturated heterocycles. The van der Waals surface area contributed by atoms with Crippen LogP contribution in [0.1, 0.15) is 64.3 Å². The van der Waals surface area contributed by atoms with Crippen LogP contribution in [0.15, 0.2) is 23.5 Å². The summed E-state index contributed by atoms with van der Waals surface area (Å²) < 4.78 is 5.28. The van der Waals surface area contributed by atoms with Gasteiger partial charge in [0.2, 0.25) is 0 Å². The number of carbonyl (C=O) groups excluding carboxylic acids is 1. The van der Waals surface area contributed by atoms with E-state index < -0.39 is 12.2 Å². The van der Waals surface area contributed by atoms with Gasteiger partial charge in [-0.05, 0) is 27.5 Å². The molecular weight excluding hydrogens is 280 g/mol. The van der Waals surface area contributed by atoms with Crippen LogP contribution in [-0.4, -0.2) is 17.6 Å². The molecule has 1 aliphatic rings.